The molecule has 0 amide bonds. The molecule has 0 aliphatic carbocycles. The highest BCUT2D eigenvalue weighted by molar-refractivity contribution is 7.10. The van der Waals surface area contributed by atoms with E-state index in [4.69, 9.17) is 0 Å². The van der Waals surface area contributed by atoms with Gasteiger partial charge in [-0.2, -0.15) is 0 Å². The second-order valence-corrected chi connectivity index (χ2v) is 5.66. The van der Waals surface area contributed by atoms with Crippen molar-refractivity contribution in [3.8, 4) is 0 Å². The molecule has 0 aromatic carbocycles. The maximum Gasteiger partial charge on any atom is 0.0331 e. The molecule has 1 aromatic heterocycles. The Labute approximate surface area is 103 Å². The molecule has 1 N–H and O–H groups in total. The first-order chi connectivity index (χ1) is 7.79. The van der Waals surface area contributed by atoms with Gasteiger partial charge in [0.2, 0.25) is 0 Å². The molecule has 2 nitrogen and oxygen atoms in total. The highest BCUT2D eigenvalue weighted by atomic mass is 32.1. The standard InChI is InChI=1S/C13H22N2S/c1-3-14-12-5-4-7-15(9-12)10-13-11(2)6-8-16-13/h6,8,12,14H,3-5,7,9-10H2,1-2H3. The van der Waals surface area contributed by atoms with Gasteiger partial charge in [-0.3, -0.25) is 4.90 Å². The second-order valence-electron chi connectivity index (χ2n) is 4.66. The summed E-state index contributed by atoms with van der Waals surface area (Å²) in [5, 5.41) is 5.78. The molecule has 3 heteroatoms. The summed E-state index contributed by atoms with van der Waals surface area (Å²) in [6.45, 7) is 9.13. The molecule has 1 unspecified atom stereocenters. The molecule has 2 heterocycles. The lowest BCUT2D eigenvalue weighted by Crippen LogP contribution is -2.45. The topological polar surface area (TPSA) is 15.3 Å². The summed E-state index contributed by atoms with van der Waals surface area (Å²) in [5.41, 5.74) is 1.45. The molecule has 1 aliphatic rings. The Hall–Kier alpha value is -0.380. The molecule has 0 radical (unpaired) electrons. The van der Waals surface area contributed by atoms with Crippen LogP contribution in [0.25, 0.3) is 0 Å². The Bertz CT molecular complexity index is 319. The number of rotatable bonds is 4. The summed E-state index contributed by atoms with van der Waals surface area (Å²) in [6, 6.07) is 2.94. The lowest BCUT2D eigenvalue weighted by Gasteiger charge is -2.32. The zero-order valence-electron chi connectivity index (χ0n) is 10.3. The molecule has 0 bridgehead atoms. The van der Waals surface area contributed by atoms with E-state index in [1.54, 1.807) is 0 Å². The first kappa shape index (κ1) is 12.1. The van der Waals surface area contributed by atoms with Crippen LogP contribution in [0.2, 0.25) is 0 Å². The quantitative estimate of drug-likeness (QED) is 0.867. The van der Waals surface area contributed by atoms with Crippen LogP contribution in [0.3, 0.4) is 0 Å². The van der Waals surface area contributed by atoms with Crippen LogP contribution in [0, 0.1) is 6.92 Å². The monoisotopic (exact) mass is 238 g/mol. The van der Waals surface area contributed by atoms with Gasteiger partial charge in [0.05, 0.1) is 0 Å². The van der Waals surface area contributed by atoms with Crippen molar-refractivity contribution < 1.29 is 0 Å². The molecule has 1 aliphatic heterocycles. The number of aryl methyl sites for hydroxylation is 1. The lowest BCUT2D eigenvalue weighted by atomic mass is 10.1. The number of likely N-dealkylation sites (N-methyl/N-ethyl adjacent to an activating group) is 1. The summed E-state index contributed by atoms with van der Waals surface area (Å²) in [6.07, 6.45) is 2.68. The van der Waals surface area contributed by atoms with Crippen molar-refractivity contribution in [1.82, 2.24) is 10.2 Å². The van der Waals surface area contributed by atoms with Gasteiger partial charge in [0.15, 0.2) is 0 Å². The molecular formula is C13H22N2S. The van der Waals surface area contributed by atoms with Crippen LogP contribution < -0.4 is 5.32 Å². The number of nitrogens with one attached hydrogen (secondary N) is 1. The average Bonchev–Trinajstić information content (AvgIpc) is 2.66. The molecule has 2 rings (SSSR count). The predicted octanol–water partition coefficient (Wildman–Crippen LogP) is 2.63. The number of hydrogen-bond acceptors (Lipinski definition) is 3. The van der Waals surface area contributed by atoms with Crippen molar-refractivity contribution >= 4 is 11.3 Å². The van der Waals surface area contributed by atoms with Crippen molar-refractivity contribution in [1.29, 1.82) is 0 Å². The van der Waals surface area contributed by atoms with E-state index in [1.807, 2.05) is 11.3 Å². The van der Waals surface area contributed by atoms with Crippen LogP contribution in [-0.2, 0) is 6.54 Å². The zero-order valence-corrected chi connectivity index (χ0v) is 11.1. The fourth-order valence-electron chi connectivity index (χ4n) is 2.42. The molecule has 1 atom stereocenters. The van der Waals surface area contributed by atoms with E-state index in [2.05, 4.69) is 35.5 Å². The number of hydrogen-bond donors (Lipinski definition) is 1. The van der Waals surface area contributed by atoms with E-state index in [0.717, 1.165) is 13.1 Å². The predicted molar refractivity (Wildman–Crippen MR) is 71.0 cm³/mol. The number of likely N-dealkylation sites (tertiary alicyclic amines) is 1. The Kier molecular flexibility index (Phi) is 4.38. The summed E-state index contributed by atoms with van der Waals surface area (Å²) < 4.78 is 0. The van der Waals surface area contributed by atoms with E-state index in [9.17, 15) is 0 Å². The van der Waals surface area contributed by atoms with Gasteiger partial charge in [-0.05, 0) is 49.9 Å². The largest absolute Gasteiger partial charge is 0.313 e. The fourth-order valence-corrected chi connectivity index (χ4v) is 3.37. The number of thiophene rings is 1. The third kappa shape index (κ3) is 3.06. The smallest absolute Gasteiger partial charge is 0.0331 e. The van der Waals surface area contributed by atoms with E-state index in [1.165, 1.54) is 36.4 Å². The minimum Gasteiger partial charge on any atom is -0.313 e. The zero-order chi connectivity index (χ0) is 11.4. The van der Waals surface area contributed by atoms with Crippen molar-refractivity contribution in [2.45, 2.75) is 39.3 Å². The fraction of sp³-hybridized carbons (Fsp3) is 0.692. The lowest BCUT2D eigenvalue weighted by molar-refractivity contribution is 0.186. The minimum atomic E-state index is 0.707. The molecule has 1 saturated heterocycles. The molecule has 1 aromatic rings. The van der Waals surface area contributed by atoms with E-state index in [0.29, 0.717) is 6.04 Å². The normalized spacial score (nSPS) is 22.5. The van der Waals surface area contributed by atoms with Gasteiger partial charge < -0.3 is 5.32 Å². The molecule has 90 valence electrons. The Morgan fingerprint density at radius 1 is 1.56 bits per heavy atom. The van der Waals surface area contributed by atoms with Gasteiger partial charge >= 0.3 is 0 Å². The van der Waals surface area contributed by atoms with Crippen molar-refractivity contribution in [3.05, 3.63) is 21.9 Å². The second kappa shape index (κ2) is 5.80. The Balaban J connectivity index is 1.88. The van der Waals surface area contributed by atoms with E-state index >= 15 is 0 Å². The Morgan fingerprint density at radius 3 is 3.12 bits per heavy atom. The summed E-state index contributed by atoms with van der Waals surface area (Å²) in [4.78, 5) is 4.13. The first-order valence-corrected chi connectivity index (χ1v) is 7.16. The van der Waals surface area contributed by atoms with Crippen LogP contribution in [0.1, 0.15) is 30.2 Å². The molecule has 0 saturated carbocycles. The summed E-state index contributed by atoms with van der Waals surface area (Å²) in [5.74, 6) is 0. The van der Waals surface area contributed by atoms with Crippen molar-refractivity contribution in [2.75, 3.05) is 19.6 Å². The number of nitrogens with zero attached hydrogens (tertiary/aromatic N) is 1. The summed E-state index contributed by atoms with van der Waals surface area (Å²) >= 11 is 1.90. The third-order valence-electron chi connectivity index (χ3n) is 3.33. The first-order valence-electron chi connectivity index (χ1n) is 6.28. The molecule has 16 heavy (non-hydrogen) atoms. The van der Waals surface area contributed by atoms with Crippen molar-refractivity contribution in [3.63, 3.8) is 0 Å². The van der Waals surface area contributed by atoms with Crippen LogP contribution in [0.5, 0.6) is 0 Å². The summed E-state index contributed by atoms with van der Waals surface area (Å²) in [7, 11) is 0. The maximum atomic E-state index is 3.57. The third-order valence-corrected chi connectivity index (χ3v) is 4.34. The Morgan fingerprint density at radius 2 is 2.44 bits per heavy atom. The maximum absolute atomic E-state index is 3.57. The average molecular weight is 238 g/mol. The van der Waals surface area contributed by atoms with Gasteiger partial charge in [-0.25, -0.2) is 0 Å². The molecular weight excluding hydrogens is 216 g/mol. The SMILES string of the molecule is CCNC1CCCN(Cc2sccc2C)C1. The van der Waals surface area contributed by atoms with Crippen LogP contribution in [0.4, 0.5) is 0 Å². The minimum absolute atomic E-state index is 0.707. The van der Waals surface area contributed by atoms with Crippen LogP contribution in [-0.4, -0.2) is 30.6 Å². The van der Waals surface area contributed by atoms with Gasteiger partial charge in [-0.15, -0.1) is 11.3 Å². The van der Waals surface area contributed by atoms with Gasteiger partial charge in [0.1, 0.15) is 0 Å². The van der Waals surface area contributed by atoms with Gasteiger partial charge in [-0.1, -0.05) is 6.92 Å². The molecule has 0 spiro atoms. The van der Waals surface area contributed by atoms with Gasteiger partial charge in [0, 0.05) is 24.0 Å². The molecule has 1 fully saturated rings. The van der Waals surface area contributed by atoms with E-state index in [-0.39, 0.29) is 0 Å². The van der Waals surface area contributed by atoms with E-state index < -0.39 is 0 Å². The van der Waals surface area contributed by atoms with Crippen LogP contribution >= 0.6 is 11.3 Å². The number of piperidine rings is 1. The highest BCUT2D eigenvalue weighted by Crippen LogP contribution is 2.20. The van der Waals surface area contributed by atoms with Crippen LogP contribution in [0.15, 0.2) is 11.4 Å². The van der Waals surface area contributed by atoms with Gasteiger partial charge in [0.25, 0.3) is 0 Å². The highest BCUT2D eigenvalue weighted by Gasteiger charge is 2.19. The van der Waals surface area contributed by atoms with Crippen molar-refractivity contribution in [2.24, 2.45) is 0 Å².